The van der Waals surface area contributed by atoms with Gasteiger partial charge in [0.25, 0.3) is 17.3 Å². The van der Waals surface area contributed by atoms with Gasteiger partial charge in [0.1, 0.15) is 23.7 Å². The number of nitrogens with zero attached hydrogens (tertiary/aromatic N) is 2. The number of hydrogen-bond acceptors (Lipinski definition) is 7. The van der Waals surface area contributed by atoms with Gasteiger partial charge in [0.05, 0.1) is 15.5 Å². The summed E-state index contributed by atoms with van der Waals surface area (Å²) in [6.45, 7) is 5.65. The highest BCUT2D eigenvalue weighted by atomic mass is 16.6. The fourth-order valence-corrected chi connectivity index (χ4v) is 4.05. The molecule has 0 unspecified atom stereocenters. The SMILES string of the molecule is Cc1c([N+](=O)[O-])cc(NC(=O)c2ccc(COc3ccc(C(C)(C)c4ccccc4)cc3)o2)cc1[N+](=O)[O-]. The van der Waals surface area contributed by atoms with Crippen LogP contribution < -0.4 is 10.1 Å². The minimum Gasteiger partial charge on any atom is -0.486 e. The zero-order chi connectivity index (χ0) is 27.4. The van der Waals surface area contributed by atoms with Crippen LogP contribution in [0.15, 0.2) is 83.3 Å². The molecular formula is C28H25N3O7. The van der Waals surface area contributed by atoms with Crippen LogP contribution in [0.1, 0.15) is 46.9 Å². The third-order valence-corrected chi connectivity index (χ3v) is 6.34. The molecule has 4 rings (SSSR count). The molecule has 38 heavy (non-hydrogen) atoms. The van der Waals surface area contributed by atoms with Crippen LogP contribution in [0.5, 0.6) is 5.75 Å². The minimum absolute atomic E-state index is 0.0657. The lowest BCUT2D eigenvalue weighted by Crippen LogP contribution is -2.18. The van der Waals surface area contributed by atoms with Crippen molar-refractivity contribution in [1.29, 1.82) is 0 Å². The van der Waals surface area contributed by atoms with Crippen molar-refractivity contribution in [3.8, 4) is 5.75 Å². The third kappa shape index (κ3) is 5.54. The first-order valence-electron chi connectivity index (χ1n) is 11.7. The summed E-state index contributed by atoms with van der Waals surface area (Å²) in [6, 6.07) is 23.1. The molecule has 10 nitrogen and oxygen atoms in total. The number of nitro groups is 2. The van der Waals surface area contributed by atoms with Gasteiger partial charge in [0, 0.05) is 17.5 Å². The Hall–Kier alpha value is -4.99. The van der Waals surface area contributed by atoms with E-state index in [0.29, 0.717) is 11.5 Å². The van der Waals surface area contributed by atoms with Crippen molar-refractivity contribution in [2.75, 3.05) is 5.32 Å². The smallest absolute Gasteiger partial charge is 0.291 e. The quantitative estimate of drug-likeness (QED) is 0.197. The Kier molecular flexibility index (Phi) is 7.24. The van der Waals surface area contributed by atoms with Gasteiger partial charge < -0.3 is 14.5 Å². The summed E-state index contributed by atoms with van der Waals surface area (Å²) >= 11 is 0. The number of rotatable bonds is 9. The Morgan fingerprint density at radius 1 is 0.895 bits per heavy atom. The van der Waals surface area contributed by atoms with Crippen LogP contribution in [0.2, 0.25) is 0 Å². The van der Waals surface area contributed by atoms with E-state index in [-0.39, 0.29) is 29.0 Å². The van der Waals surface area contributed by atoms with Crippen molar-refractivity contribution in [2.45, 2.75) is 32.8 Å². The number of carbonyl (C=O) groups is 1. The Morgan fingerprint density at radius 3 is 2.05 bits per heavy atom. The molecule has 0 saturated heterocycles. The van der Waals surface area contributed by atoms with Gasteiger partial charge in [0.15, 0.2) is 5.76 Å². The number of furan rings is 1. The first kappa shape index (κ1) is 26.1. The second-order valence-electron chi connectivity index (χ2n) is 9.18. The van der Waals surface area contributed by atoms with Crippen molar-refractivity contribution in [1.82, 2.24) is 0 Å². The predicted molar refractivity (Wildman–Crippen MR) is 140 cm³/mol. The average Bonchev–Trinajstić information content (AvgIpc) is 3.38. The van der Waals surface area contributed by atoms with Gasteiger partial charge in [-0.2, -0.15) is 0 Å². The fraction of sp³-hybridized carbons (Fsp3) is 0.179. The highest BCUT2D eigenvalue weighted by Gasteiger charge is 2.25. The van der Waals surface area contributed by atoms with E-state index < -0.39 is 27.1 Å². The standard InChI is InChI=1S/C28H25N3O7/c1-18-24(30(33)34)15-21(16-25(18)31(35)36)29-27(32)26-14-13-23(38-26)17-37-22-11-9-20(10-12-22)28(2,3)19-7-5-4-6-8-19/h4-16H,17H2,1-3H3,(H,29,32). The van der Waals surface area contributed by atoms with E-state index in [1.54, 1.807) is 6.07 Å². The molecule has 0 aliphatic heterocycles. The van der Waals surface area contributed by atoms with Crippen molar-refractivity contribution in [2.24, 2.45) is 0 Å². The zero-order valence-corrected chi connectivity index (χ0v) is 21.0. The lowest BCUT2D eigenvalue weighted by Gasteiger charge is -2.26. The van der Waals surface area contributed by atoms with Gasteiger partial charge in [-0.1, -0.05) is 56.3 Å². The zero-order valence-electron chi connectivity index (χ0n) is 21.0. The summed E-state index contributed by atoms with van der Waals surface area (Å²) < 4.78 is 11.3. The highest BCUT2D eigenvalue weighted by Crippen LogP contribution is 2.33. The van der Waals surface area contributed by atoms with E-state index in [1.807, 2.05) is 42.5 Å². The lowest BCUT2D eigenvalue weighted by molar-refractivity contribution is -0.395. The number of hydrogen-bond donors (Lipinski definition) is 1. The second-order valence-corrected chi connectivity index (χ2v) is 9.18. The molecule has 0 spiro atoms. The van der Waals surface area contributed by atoms with Crippen LogP contribution in [0.3, 0.4) is 0 Å². The van der Waals surface area contributed by atoms with Crippen molar-refractivity contribution in [3.63, 3.8) is 0 Å². The van der Waals surface area contributed by atoms with Crippen LogP contribution in [0, 0.1) is 27.2 Å². The van der Waals surface area contributed by atoms with Crippen LogP contribution in [0.25, 0.3) is 0 Å². The molecule has 10 heteroatoms. The van der Waals surface area contributed by atoms with E-state index in [2.05, 4.69) is 31.3 Å². The molecule has 0 fully saturated rings. The normalized spacial score (nSPS) is 11.1. The van der Waals surface area contributed by atoms with Gasteiger partial charge in [-0.25, -0.2) is 0 Å². The largest absolute Gasteiger partial charge is 0.486 e. The topological polar surface area (TPSA) is 138 Å². The Bertz CT molecular complexity index is 1460. The molecule has 0 aliphatic rings. The van der Waals surface area contributed by atoms with Gasteiger partial charge in [-0.3, -0.25) is 25.0 Å². The van der Waals surface area contributed by atoms with Crippen LogP contribution in [-0.2, 0) is 12.0 Å². The van der Waals surface area contributed by atoms with Crippen LogP contribution in [-0.4, -0.2) is 15.8 Å². The monoisotopic (exact) mass is 515 g/mol. The minimum atomic E-state index is -0.741. The summed E-state index contributed by atoms with van der Waals surface area (Å²) in [7, 11) is 0. The summed E-state index contributed by atoms with van der Waals surface area (Å²) in [5, 5.41) is 24.9. The Balaban J connectivity index is 1.41. The molecule has 1 N–H and O–H groups in total. The maximum atomic E-state index is 12.6. The number of carbonyl (C=O) groups excluding carboxylic acids is 1. The molecule has 4 aromatic rings. The van der Waals surface area contributed by atoms with Gasteiger partial charge >= 0.3 is 0 Å². The maximum absolute atomic E-state index is 12.6. The van der Waals surface area contributed by atoms with Crippen molar-refractivity contribution >= 4 is 23.0 Å². The molecule has 0 radical (unpaired) electrons. The molecule has 0 bridgehead atoms. The number of ether oxygens (including phenoxy) is 1. The molecule has 0 aliphatic carbocycles. The molecule has 1 amide bonds. The summed E-state index contributed by atoms with van der Waals surface area (Å²) in [4.78, 5) is 33.7. The number of anilines is 1. The van der Waals surface area contributed by atoms with Gasteiger partial charge in [-0.15, -0.1) is 0 Å². The molecule has 1 heterocycles. The predicted octanol–water partition coefficient (Wildman–Crippen LogP) is 6.56. The molecule has 0 atom stereocenters. The molecule has 3 aromatic carbocycles. The second kappa shape index (κ2) is 10.6. The highest BCUT2D eigenvalue weighted by molar-refractivity contribution is 6.02. The summed E-state index contributed by atoms with van der Waals surface area (Å²) in [5.41, 5.74) is 1.01. The Labute approximate surface area is 218 Å². The average molecular weight is 516 g/mol. The van der Waals surface area contributed by atoms with E-state index in [4.69, 9.17) is 9.15 Å². The van der Waals surface area contributed by atoms with Gasteiger partial charge in [-0.05, 0) is 42.3 Å². The first-order valence-corrected chi connectivity index (χ1v) is 11.7. The van der Waals surface area contributed by atoms with E-state index >= 15 is 0 Å². The van der Waals surface area contributed by atoms with Crippen LogP contribution >= 0.6 is 0 Å². The van der Waals surface area contributed by atoms with Crippen molar-refractivity contribution < 1.29 is 23.8 Å². The first-order chi connectivity index (χ1) is 18.1. The van der Waals surface area contributed by atoms with Crippen molar-refractivity contribution in [3.05, 3.63) is 127 Å². The Morgan fingerprint density at radius 2 is 1.47 bits per heavy atom. The third-order valence-electron chi connectivity index (χ3n) is 6.34. The molecule has 0 saturated carbocycles. The maximum Gasteiger partial charge on any atom is 0.291 e. The van der Waals surface area contributed by atoms with E-state index in [1.165, 1.54) is 18.6 Å². The van der Waals surface area contributed by atoms with Crippen LogP contribution in [0.4, 0.5) is 17.1 Å². The van der Waals surface area contributed by atoms with E-state index in [9.17, 15) is 25.0 Å². The molecule has 1 aromatic heterocycles. The summed E-state index contributed by atoms with van der Waals surface area (Å²) in [6.07, 6.45) is 0. The number of benzene rings is 3. The van der Waals surface area contributed by atoms with E-state index in [0.717, 1.165) is 17.7 Å². The van der Waals surface area contributed by atoms with Gasteiger partial charge in [0.2, 0.25) is 0 Å². The molecule has 194 valence electrons. The fourth-order valence-electron chi connectivity index (χ4n) is 4.05. The number of amides is 1. The molecular weight excluding hydrogens is 490 g/mol. The summed E-state index contributed by atoms with van der Waals surface area (Å²) in [5.74, 6) is 0.217. The lowest BCUT2D eigenvalue weighted by atomic mass is 9.78. The number of nitro benzene ring substituents is 2. The number of nitrogens with one attached hydrogen (secondary N) is 1.